The fourth-order valence-electron chi connectivity index (χ4n) is 7.03. The number of fused-ring (bicyclic) bond motifs is 2. The molecule has 0 bridgehead atoms. The van der Waals surface area contributed by atoms with Crippen LogP contribution in [-0.2, 0) is 0 Å². The van der Waals surface area contributed by atoms with Gasteiger partial charge in [-0.05, 0) is 56.9 Å². The Morgan fingerprint density at radius 2 is 0.464 bits per heavy atom. The lowest BCUT2D eigenvalue weighted by Gasteiger charge is -2.11. The fourth-order valence-corrected chi connectivity index (χ4v) is 7.03. The van der Waals surface area contributed by atoms with Gasteiger partial charge < -0.3 is 0 Å². The molecular weight excluding hydrogens is 685 g/mol. The van der Waals surface area contributed by atoms with E-state index in [0.717, 1.165) is 55.3 Å². The van der Waals surface area contributed by atoms with E-state index in [9.17, 15) is 0 Å². The van der Waals surface area contributed by atoms with E-state index >= 15 is 0 Å². The highest BCUT2D eigenvalue weighted by molar-refractivity contribution is 5.88. The minimum Gasteiger partial charge on any atom is -0.208 e. The number of hydrogen-bond donors (Lipinski definition) is 0. The third kappa shape index (κ3) is 6.57. The Morgan fingerprint density at radius 3 is 0.857 bits per heavy atom. The van der Waals surface area contributed by atoms with Crippen LogP contribution in [0.5, 0.6) is 0 Å². The molecule has 0 aliphatic heterocycles. The Labute approximate surface area is 324 Å². The Hall–Kier alpha value is -7.70. The number of hydrogen-bond acceptors (Lipinski definition) is 6. The van der Waals surface area contributed by atoms with Crippen molar-refractivity contribution in [2.24, 2.45) is 0 Å². The summed E-state index contributed by atoms with van der Waals surface area (Å²) in [5.41, 5.74) is 7.54. The number of rotatable bonds is 7. The van der Waals surface area contributed by atoms with Gasteiger partial charge in [-0.2, -0.15) is 0 Å². The SMILES string of the molecule is c1ccc(-c2nc(-c3ccccc3)nc(-c3cccc(-c4cccc(-c5nc(-c6ccc7ccccc7c6)nc(-c6ccc7ccccc7c6)n5)c4)c3)n2)cc1. The summed E-state index contributed by atoms with van der Waals surface area (Å²) in [6, 6.07) is 66.1. The van der Waals surface area contributed by atoms with E-state index in [0.29, 0.717) is 34.9 Å². The Morgan fingerprint density at radius 1 is 0.179 bits per heavy atom. The van der Waals surface area contributed by atoms with E-state index in [1.807, 2.05) is 72.8 Å². The van der Waals surface area contributed by atoms with Gasteiger partial charge >= 0.3 is 0 Å². The van der Waals surface area contributed by atoms with Gasteiger partial charge in [-0.25, -0.2) is 29.9 Å². The molecule has 0 aliphatic rings. The summed E-state index contributed by atoms with van der Waals surface area (Å²) in [7, 11) is 0. The van der Waals surface area contributed by atoms with Gasteiger partial charge in [0.1, 0.15) is 0 Å². The summed E-state index contributed by atoms with van der Waals surface area (Å²) >= 11 is 0. The summed E-state index contributed by atoms with van der Waals surface area (Å²) in [5, 5.41) is 4.59. The normalized spacial score (nSPS) is 11.2. The molecule has 6 nitrogen and oxygen atoms in total. The van der Waals surface area contributed by atoms with Gasteiger partial charge in [0.15, 0.2) is 34.9 Å². The Bertz CT molecular complexity index is 2880. The highest BCUT2D eigenvalue weighted by Crippen LogP contribution is 2.32. The van der Waals surface area contributed by atoms with Gasteiger partial charge in [0.05, 0.1) is 0 Å². The second-order valence-corrected chi connectivity index (χ2v) is 13.6. The second-order valence-electron chi connectivity index (χ2n) is 13.6. The lowest BCUT2D eigenvalue weighted by molar-refractivity contribution is 1.07. The minimum atomic E-state index is 0.599. The van der Waals surface area contributed by atoms with Crippen LogP contribution < -0.4 is 0 Å². The van der Waals surface area contributed by atoms with Crippen LogP contribution in [0.2, 0.25) is 0 Å². The molecule has 0 radical (unpaired) electrons. The smallest absolute Gasteiger partial charge is 0.164 e. The zero-order valence-electron chi connectivity index (χ0n) is 30.2. The van der Waals surface area contributed by atoms with Crippen molar-refractivity contribution in [2.75, 3.05) is 0 Å². The molecular formula is C50H32N6. The highest BCUT2D eigenvalue weighted by Gasteiger charge is 2.16. The van der Waals surface area contributed by atoms with Gasteiger partial charge in [-0.1, -0.05) is 170 Å². The summed E-state index contributed by atoms with van der Waals surface area (Å²) in [4.78, 5) is 30.0. The lowest BCUT2D eigenvalue weighted by Crippen LogP contribution is -2.00. The molecule has 0 saturated heterocycles. The molecule has 6 heteroatoms. The van der Waals surface area contributed by atoms with Gasteiger partial charge in [0, 0.05) is 33.4 Å². The molecule has 0 amide bonds. The first-order valence-corrected chi connectivity index (χ1v) is 18.5. The van der Waals surface area contributed by atoms with Crippen LogP contribution in [0.25, 0.3) is 101 Å². The van der Waals surface area contributed by atoms with E-state index in [2.05, 4.69) is 121 Å². The van der Waals surface area contributed by atoms with Crippen molar-refractivity contribution in [3.63, 3.8) is 0 Å². The molecule has 0 saturated carbocycles. The number of nitrogens with zero attached hydrogens (tertiary/aromatic N) is 6. The first kappa shape index (κ1) is 32.9. The number of benzene rings is 8. The van der Waals surface area contributed by atoms with Crippen molar-refractivity contribution in [3.05, 3.63) is 194 Å². The van der Waals surface area contributed by atoms with Gasteiger partial charge in [-0.3, -0.25) is 0 Å². The standard InChI is InChI=1S/C50H32N6/c1-3-15-35(16-4-1)45-51-46(36-17-5-2-6-18-36)53-47(52-45)41-23-11-21-39(31-41)40-22-12-24-42(32-40)48-54-49(43-27-25-33-13-7-9-19-37(33)29-43)56-50(55-48)44-28-26-34-14-8-10-20-38(34)30-44/h1-32H. The summed E-state index contributed by atoms with van der Waals surface area (Å²) in [6.45, 7) is 0. The van der Waals surface area contributed by atoms with Gasteiger partial charge in [0.2, 0.25) is 0 Å². The van der Waals surface area contributed by atoms with Crippen LogP contribution in [-0.4, -0.2) is 29.9 Å². The average Bonchev–Trinajstić information content (AvgIpc) is 3.29. The van der Waals surface area contributed by atoms with Crippen molar-refractivity contribution in [3.8, 4) is 79.5 Å². The predicted octanol–water partition coefficient (Wildman–Crippen LogP) is 12.0. The number of aromatic nitrogens is 6. The largest absolute Gasteiger partial charge is 0.208 e. The molecule has 0 atom stereocenters. The van der Waals surface area contributed by atoms with Crippen molar-refractivity contribution >= 4 is 21.5 Å². The molecule has 0 spiro atoms. The maximum atomic E-state index is 5.10. The molecule has 0 unspecified atom stereocenters. The van der Waals surface area contributed by atoms with Crippen LogP contribution >= 0.6 is 0 Å². The van der Waals surface area contributed by atoms with Gasteiger partial charge in [0.25, 0.3) is 0 Å². The average molecular weight is 717 g/mol. The second kappa shape index (κ2) is 14.3. The third-order valence-electron chi connectivity index (χ3n) is 9.92. The predicted molar refractivity (Wildman–Crippen MR) is 226 cm³/mol. The molecule has 2 aromatic heterocycles. The summed E-state index contributed by atoms with van der Waals surface area (Å²) in [5.74, 6) is 3.70. The first-order chi connectivity index (χ1) is 27.7. The van der Waals surface area contributed by atoms with E-state index in [1.54, 1.807) is 0 Å². The van der Waals surface area contributed by atoms with E-state index in [4.69, 9.17) is 29.9 Å². The monoisotopic (exact) mass is 716 g/mol. The molecule has 262 valence electrons. The molecule has 2 heterocycles. The van der Waals surface area contributed by atoms with Crippen molar-refractivity contribution in [2.45, 2.75) is 0 Å². The topological polar surface area (TPSA) is 77.3 Å². The van der Waals surface area contributed by atoms with Crippen molar-refractivity contribution < 1.29 is 0 Å². The molecule has 8 aromatic carbocycles. The van der Waals surface area contributed by atoms with Crippen molar-refractivity contribution in [1.82, 2.24) is 29.9 Å². The Balaban J connectivity index is 1.07. The lowest BCUT2D eigenvalue weighted by atomic mass is 10.0. The molecule has 56 heavy (non-hydrogen) atoms. The molecule has 0 aliphatic carbocycles. The Kier molecular flexibility index (Phi) is 8.39. The summed E-state index contributed by atoms with van der Waals surface area (Å²) < 4.78 is 0. The van der Waals surface area contributed by atoms with Crippen LogP contribution in [0.4, 0.5) is 0 Å². The maximum Gasteiger partial charge on any atom is 0.164 e. The zero-order chi connectivity index (χ0) is 37.3. The van der Waals surface area contributed by atoms with Crippen molar-refractivity contribution in [1.29, 1.82) is 0 Å². The van der Waals surface area contributed by atoms with E-state index < -0.39 is 0 Å². The van der Waals surface area contributed by atoms with Gasteiger partial charge in [-0.15, -0.1) is 0 Å². The maximum absolute atomic E-state index is 5.10. The van der Waals surface area contributed by atoms with Crippen LogP contribution in [0.15, 0.2) is 194 Å². The van der Waals surface area contributed by atoms with Crippen LogP contribution in [0, 0.1) is 0 Å². The van der Waals surface area contributed by atoms with Crippen LogP contribution in [0.3, 0.4) is 0 Å². The first-order valence-electron chi connectivity index (χ1n) is 18.5. The molecule has 0 N–H and O–H groups in total. The molecule has 0 fully saturated rings. The summed E-state index contributed by atoms with van der Waals surface area (Å²) in [6.07, 6.45) is 0. The molecule has 10 aromatic rings. The fraction of sp³-hybridized carbons (Fsp3) is 0. The quantitative estimate of drug-likeness (QED) is 0.163. The highest BCUT2D eigenvalue weighted by atomic mass is 15.0. The van der Waals surface area contributed by atoms with Crippen LogP contribution in [0.1, 0.15) is 0 Å². The zero-order valence-corrected chi connectivity index (χ0v) is 30.2. The molecule has 10 rings (SSSR count). The minimum absolute atomic E-state index is 0.599. The van der Waals surface area contributed by atoms with E-state index in [-0.39, 0.29) is 0 Å². The third-order valence-corrected chi connectivity index (χ3v) is 9.92. The van der Waals surface area contributed by atoms with E-state index in [1.165, 1.54) is 10.8 Å².